The van der Waals surface area contributed by atoms with Crippen molar-refractivity contribution in [1.82, 2.24) is 9.58 Å². The van der Waals surface area contributed by atoms with E-state index >= 15 is 0 Å². The van der Waals surface area contributed by atoms with Gasteiger partial charge in [0.1, 0.15) is 0 Å². The third kappa shape index (κ3) is 2.51. The quantitative estimate of drug-likeness (QED) is 0.768. The van der Waals surface area contributed by atoms with Crippen molar-refractivity contribution >= 4 is 0 Å². The topological polar surface area (TPSA) is 20.2 Å². The Morgan fingerprint density at radius 1 is 1.14 bits per heavy atom. The predicted molar refractivity (Wildman–Crippen MR) is 58.9 cm³/mol. The minimum absolute atomic E-state index is 0.632. The molecule has 78 valence electrons. The molecular weight excluding hydrogens is 174 g/mol. The lowest BCUT2D eigenvalue weighted by Crippen LogP contribution is -2.28. The zero-order valence-corrected chi connectivity index (χ0v) is 8.82. The molecule has 0 amide bonds. The fourth-order valence-corrected chi connectivity index (χ4v) is 2.00. The molecule has 2 rings (SSSR count). The normalized spacial score (nSPS) is 24.5. The van der Waals surface area contributed by atoms with Crippen LogP contribution in [0.15, 0.2) is 24.5 Å². The predicted octanol–water partition coefficient (Wildman–Crippen LogP) is 1.52. The lowest BCUT2D eigenvalue weighted by Gasteiger charge is -2.18. The molecule has 1 aromatic heterocycles. The molecule has 1 N–H and O–H groups in total. The van der Waals surface area contributed by atoms with E-state index in [2.05, 4.69) is 46.6 Å². The Morgan fingerprint density at radius 3 is 2.71 bits per heavy atom. The van der Waals surface area contributed by atoms with Crippen LogP contribution < -0.4 is 5.43 Å². The Hall–Kier alpha value is -0.960. The first-order valence-electron chi connectivity index (χ1n) is 5.42. The van der Waals surface area contributed by atoms with E-state index < -0.39 is 0 Å². The second kappa shape index (κ2) is 4.51. The third-order valence-corrected chi connectivity index (χ3v) is 2.89. The van der Waals surface area contributed by atoms with Crippen LogP contribution in [0.1, 0.15) is 19.3 Å². The molecule has 1 aromatic rings. The summed E-state index contributed by atoms with van der Waals surface area (Å²) in [6.07, 6.45) is 7.95. The van der Waals surface area contributed by atoms with Gasteiger partial charge in [0.15, 0.2) is 0 Å². The summed E-state index contributed by atoms with van der Waals surface area (Å²) in [5.41, 5.74) is 3.51. The van der Waals surface area contributed by atoms with Crippen LogP contribution in [-0.4, -0.2) is 35.8 Å². The highest BCUT2D eigenvalue weighted by Gasteiger charge is 2.13. The Labute approximate surface area is 85.7 Å². The molecule has 1 atom stereocenters. The molecule has 0 radical (unpaired) electrons. The Balaban J connectivity index is 1.86. The maximum Gasteiger partial charge on any atom is 0.0437 e. The van der Waals surface area contributed by atoms with Gasteiger partial charge in [0.2, 0.25) is 0 Å². The van der Waals surface area contributed by atoms with Crippen LogP contribution in [-0.2, 0) is 0 Å². The number of hydrogen-bond acceptors (Lipinski definition) is 2. The van der Waals surface area contributed by atoms with Crippen LogP contribution in [0.2, 0.25) is 0 Å². The molecule has 2 heterocycles. The molecule has 1 fully saturated rings. The molecule has 0 aliphatic carbocycles. The van der Waals surface area contributed by atoms with Crippen molar-refractivity contribution in [3.8, 4) is 0 Å². The van der Waals surface area contributed by atoms with E-state index in [4.69, 9.17) is 0 Å². The van der Waals surface area contributed by atoms with Crippen molar-refractivity contribution in [2.75, 3.05) is 25.6 Å². The fraction of sp³-hybridized carbons (Fsp3) is 0.636. The average molecular weight is 193 g/mol. The molecule has 0 aromatic carbocycles. The van der Waals surface area contributed by atoms with Crippen LogP contribution in [0.3, 0.4) is 0 Å². The molecule has 1 unspecified atom stereocenters. The van der Waals surface area contributed by atoms with Crippen molar-refractivity contribution in [2.24, 2.45) is 0 Å². The van der Waals surface area contributed by atoms with E-state index in [0.717, 1.165) is 0 Å². The van der Waals surface area contributed by atoms with Gasteiger partial charge < -0.3 is 10.3 Å². The first kappa shape index (κ1) is 9.59. The molecule has 0 bridgehead atoms. The zero-order chi connectivity index (χ0) is 9.80. The second-order valence-electron chi connectivity index (χ2n) is 4.15. The van der Waals surface area contributed by atoms with Gasteiger partial charge in [-0.2, -0.15) is 0 Å². The van der Waals surface area contributed by atoms with Gasteiger partial charge in [0.25, 0.3) is 0 Å². The number of aromatic nitrogens is 1. The van der Waals surface area contributed by atoms with E-state index in [0.29, 0.717) is 6.04 Å². The molecule has 3 heteroatoms. The van der Waals surface area contributed by atoms with E-state index in [-0.39, 0.29) is 0 Å². The average Bonchev–Trinajstić information content (AvgIpc) is 2.58. The third-order valence-electron chi connectivity index (χ3n) is 2.89. The van der Waals surface area contributed by atoms with Gasteiger partial charge in [-0.05, 0) is 51.5 Å². The number of nitrogens with zero attached hydrogens (tertiary/aromatic N) is 2. The first-order valence-corrected chi connectivity index (χ1v) is 5.42. The van der Waals surface area contributed by atoms with Gasteiger partial charge in [-0.25, -0.2) is 0 Å². The monoisotopic (exact) mass is 193 g/mol. The van der Waals surface area contributed by atoms with Crippen molar-refractivity contribution in [2.45, 2.75) is 25.3 Å². The SMILES string of the molecule is CN1CCCC(Nn2cccc2)CC1. The largest absolute Gasteiger partial charge is 0.323 e. The number of likely N-dealkylation sites (tertiary alicyclic amines) is 1. The molecule has 14 heavy (non-hydrogen) atoms. The molecule has 1 aliphatic rings. The van der Waals surface area contributed by atoms with E-state index in [9.17, 15) is 0 Å². The second-order valence-corrected chi connectivity index (χ2v) is 4.15. The standard InChI is InChI=1S/C11H19N3/c1-13-7-4-5-11(6-10-13)12-14-8-2-3-9-14/h2-3,8-9,11-12H,4-7,10H2,1H3. The maximum atomic E-state index is 3.51. The fourth-order valence-electron chi connectivity index (χ4n) is 2.00. The molecule has 0 saturated carbocycles. The summed E-state index contributed by atoms with van der Waals surface area (Å²) in [5.74, 6) is 0. The van der Waals surface area contributed by atoms with Crippen LogP contribution >= 0.6 is 0 Å². The van der Waals surface area contributed by atoms with Gasteiger partial charge in [-0.1, -0.05) is 0 Å². The minimum atomic E-state index is 0.632. The van der Waals surface area contributed by atoms with Crippen LogP contribution in [0, 0.1) is 0 Å². The smallest absolute Gasteiger partial charge is 0.0437 e. The zero-order valence-electron chi connectivity index (χ0n) is 8.82. The first-order chi connectivity index (χ1) is 6.84. The summed E-state index contributed by atoms with van der Waals surface area (Å²) >= 11 is 0. The van der Waals surface area contributed by atoms with Crippen molar-refractivity contribution in [1.29, 1.82) is 0 Å². The summed E-state index contributed by atoms with van der Waals surface area (Å²) < 4.78 is 2.07. The number of nitrogens with one attached hydrogen (secondary N) is 1. The highest BCUT2D eigenvalue weighted by Crippen LogP contribution is 2.10. The molecular formula is C11H19N3. The summed E-state index contributed by atoms with van der Waals surface area (Å²) in [5, 5.41) is 0. The Bertz CT molecular complexity index is 256. The van der Waals surface area contributed by atoms with Crippen LogP contribution in [0.4, 0.5) is 0 Å². The summed E-state index contributed by atoms with van der Waals surface area (Å²) in [7, 11) is 2.21. The van der Waals surface area contributed by atoms with Crippen LogP contribution in [0.25, 0.3) is 0 Å². The van der Waals surface area contributed by atoms with Gasteiger partial charge in [-0.3, -0.25) is 4.68 Å². The highest BCUT2D eigenvalue weighted by atomic mass is 15.4. The summed E-state index contributed by atoms with van der Waals surface area (Å²) in [6.45, 7) is 2.45. The van der Waals surface area contributed by atoms with Crippen LogP contribution in [0.5, 0.6) is 0 Å². The molecule has 0 spiro atoms. The highest BCUT2D eigenvalue weighted by molar-refractivity contribution is 4.95. The lowest BCUT2D eigenvalue weighted by atomic mass is 10.1. The summed E-state index contributed by atoms with van der Waals surface area (Å²) in [6, 6.07) is 4.73. The molecule has 1 aliphatic heterocycles. The van der Waals surface area contributed by atoms with Gasteiger partial charge >= 0.3 is 0 Å². The number of hydrogen-bond donors (Lipinski definition) is 1. The minimum Gasteiger partial charge on any atom is -0.323 e. The van der Waals surface area contributed by atoms with E-state index in [1.54, 1.807) is 0 Å². The van der Waals surface area contributed by atoms with Gasteiger partial charge in [0.05, 0.1) is 0 Å². The van der Waals surface area contributed by atoms with Gasteiger partial charge in [0, 0.05) is 18.4 Å². The Kier molecular flexibility index (Phi) is 3.09. The molecule has 3 nitrogen and oxygen atoms in total. The lowest BCUT2D eigenvalue weighted by molar-refractivity contribution is 0.347. The number of rotatable bonds is 2. The van der Waals surface area contributed by atoms with E-state index in [1.165, 1.54) is 32.4 Å². The molecule has 1 saturated heterocycles. The maximum absolute atomic E-state index is 3.51. The van der Waals surface area contributed by atoms with Crippen molar-refractivity contribution in [3.63, 3.8) is 0 Å². The van der Waals surface area contributed by atoms with Crippen molar-refractivity contribution in [3.05, 3.63) is 24.5 Å². The van der Waals surface area contributed by atoms with Crippen molar-refractivity contribution < 1.29 is 0 Å². The van der Waals surface area contributed by atoms with E-state index in [1.807, 2.05) is 0 Å². The Morgan fingerprint density at radius 2 is 1.93 bits per heavy atom. The summed E-state index contributed by atoms with van der Waals surface area (Å²) in [4.78, 5) is 2.41. The van der Waals surface area contributed by atoms with Gasteiger partial charge in [-0.15, -0.1) is 0 Å².